The molecule has 1 rings (SSSR count). The molecular formula is C6H14OSi. The van der Waals surface area contributed by atoms with Crippen molar-refractivity contribution in [2.45, 2.75) is 31.9 Å². The van der Waals surface area contributed by atoms with Gasteiger partial charge in [0.15, 0.2) is 9.04 Å². The van der Waals surface area contributed by atoms with Crippen molar-refractivity contribution in [3.8, 4) is 0 Å². The first kappa shape index (κ1) is 6.30. The SMILES string of the molecule is CC[SiH]1CCCCO1. The molecular weight excluding hydrogens is 116 g/mol. The molecule has 1 aliphatic rings. The summed E-state index contributed by atoms with van der Waals surface area (Å²) in [5.41, 5.74) is 0. The lowest BCUT2D eigenvalue weighted by Gasteiger charge is -2.18. The van der Waals surface area contributed by atoms with E-state index in [0.717, 1.165) is 6.61 Å². The van der Waals surface area contributed by atoms with Crippen LogP contribution in [0.5, 0.6) is 0 Å². The average molecular weight is 130 g/mol. The van der Waals surface area contributed by atoms with Gasteiger partial charge in [0.25, 0.3) is 0 Å². The van der Waals surface area contributed by atoms with Crippen molar-refractivity contribution < 1.29 is 4.43 Å². The molecule has 0 spiro atoms. The fourth-order valence-corrected chi connectivity index (χ4v) is 3.18. The molecule has 1 unspecified atom stereocenters. The van der Waals surface area contributed by atoms with Crippen molar-refractivity contribution in [1.29, 1.82) is 0 Å². The number of hydrogen-bond acceptors (Lipinski definition) is 1. The summed E-state index contributed by atoms with van der Waals surface area (Å²) in [7, 11) is -0.605. The maximum absolute atomic E-state index is 5.57. The predicted octanol–water partition coefficient (Wildman–Crippen LogP) is 1.54. The summed E-state index contributed by atoms with van der Waals surface area (Å²) in [6.07, 6.45) is 2.74. The molecule has 1 saturated heterocycles. The van der Waals surface area contributed by atoms with Gasteiger partial charge in [0.1, 0.15) is 0 Å². The zero-order chi connectivity index (χ0) is 5.82. The van der Waals surface area contributed by atoms with Crippen molar-refractivity contribution in [3.63, 3.8) is 0 Å². The van der Waals surface area contributed by atoms with Crippen LogP contribution in [-0.4, -0.2) is 15.6 Å². The highest BCUT2D eigenvalue weighted by atomic mass is 28.3. The summed E-state index contributed by atoms with van der Waals surface area (Å²) in [6.45, 7) is 3.31. The lowest BCUT2D eigenvalue weighted by atomic mass is 10.4. The van der Waals surface area contributed by atoms with E-state index in [0.29, 0.717) is 0 Å². The molecule has 48 valence electrons. The normalized spacial score (nSPS) is 30.4. The van der Waals surface area contributed by atoms with E-state index in [1.807, 2.05) is 0 Å². The summed E-state index contributed by atoms with van der Waals surface area (Å²) >= 11 is 0. The van der Waals surface area contributed by atoms with Gasteiger partial charge in [-0.25, -0.2) is 0 Å². The van der Waals surface area contributed by atoms with Gasteiger partial charge >= 0.3 is 0 Å². The highest BCUT2D eigenvalue weighted by molar-refractivity contribution is 6.51. The van der Waals surface area contributed by atoms with E-state index in [-0.39, 0.29) is 0 Å². The molecule has 0 aromatic heterocycles. The van der Waals surface area contributed by atoms with Crippen LogP contribution in [0.25, 0.3) is 0 Å². The predicted molar refractivity (Wildman–Crippen MR) is 37.6 cm³/mol. The molecule has 8 heavy (non-hydrogen) atoms. The van der Waals surface area contributed by atoms with Crippen molar-refractivity contribution in [3.05, 3.63) is 0 Å². The Kier molecular flexibility index (Phi) is 2.56. The Balaban J connectivity index is 2.13. The second-order valence-electron chi connectivity index (χ2n) is 2.40. The topological polar surface area (TPSA) is 9.23 Å². The third kappa shape index (κ3) is 1.60. The third-order valence-corrected chi connectivity index (χ3v) is 4.40. The van der Waals surface area contributed by atoms with Crippen LogP contribution in [0.3, 0.4) is 0 Å². The molecule has 0 amide bonds. The molecule has 0 saturated carbocycles. The first-order chi connectivity index (χ1) is 3.93. The molecule has 1 nitrogen and oxygen atoms in total. The third-order valence-electron chi connectivity index (χ3n) is 1.73. The van der Waals surface area contributed by atoms with Crippen LogP contribution in [-0.2, 0) is 4.43 Å². The standard InChI is InChI=1S/C6H14OSi/c1-2-8-6-4-3-5-7-8/h8H,2-6H2,1H3. The van der Waals surface area contributed by atoms with E-state index >= 15 is 0 Å². The highest BCUT2D eigenvalue weighted by Gasteiger charge is 2.12. The first-order valence-corrected chi connectivity index (χ1v) is 5.65. The molecule has 1 heterocycles. The number of hydrogen-bond donors (Lipinski definition) is 0. The maximum atomic E-state index is 5.57. The molecule has 0 radical (unpaired) electrons. The molecule has 0 N–H and O–H groups in total. The van der Waals surface area contributed by atoms with Crippen molar-refractivity contribution in [2.75, 3.05) is 6.61 Å². The Bertz CT molecular complexity index is 59.5. The average Bonchev–Trinajstić information content (AvgIpc) is 1.90. The van der Waals surface area contributed by atoms with E-state index in [1.165, 1.54) is 24.9 Å². The largest absolute Gasteiger partial charge is 0.420 e. The van der Waals surface area contributed by atoms with E-state index in [1.54, 1.807) is 0 Å². The lowest BCUT2D eigenvalue weighted by molar-refractivity contribution is 0.287. The van der Waals surface area contributed by atoms with Gasteiger partial charge in [-0.3, -0.25) is 0 Å². The smallest absolute Gasteiger partial charge is 0.176 e. The number of rotatable bonds is 1. The summed E-state index contributed by atoms with van der Waals surface area (Å²) in [6, 6.07) is 2.76. The summed E-state index contributed by atoms with van der Waals surface area (Å²) in [4.78, 5) is 0. The van der Waals surface area contributed by atoms with Gasteiger partial charge in [0.2, 0.25) is 0 Å². The minimum absolute atomic E-state index is 0.605. The highest BCUT2D eigenvalue weighted by Crippen LogP contribution is 2.12. The van der Waals surface area contributed by atoms with E-state index in [9.17, 15) is 0 Å². The quantitative estimate of drug-likeness (QED) is 0.489. The molecule has 1 atom stereocenters. The van der Waals surface area contributed by atoms with Crippen LogP contribution < -0.4 is 0 Å². The molecule has 1 aliphatic heterocycles. The second-order valence-corrected chi connectivity index (χ2v) is 5.37. The minimum Gasteiger partial charge on any atom is -0.420 e. The minimum atomic E-state index is -0.605. The Hall–Kier alpha value is 0.177. The first-order valence-electron chi connectivity index (χ1n) is 3.55. The van der Waals surface area contributed by atoms with Crippen LogP contribution in [0, 0.1) is 0 Å². The summed E-state index contributed by atoms with van der Waals surface area (Å²) in [5, 5.41) is 0. The monoisotopic (exact) mass is 130 g/mol. The Morgan fingerprint density at radius 2 is 2.38 bits per heavy atom. The van der Waals surface area contributed by atoms with Gasteiger partial charge in [-0.05, 0) is 18.5 Å². The van der Waals surface area contributed by atoms with Gasteiger partial charge in [-0.15, -0.1) is 0 Å². The van der Waals surface area contributed by atoms with E-state index < -0.39 is 9.04 Å². The van der Waals surface area contributed by atoms with Gasteiger partial charge in [0.05, 0.1) is 0 Å². The van der Waals surface area contributed by atoms with Gasteiger partial charge < -0.3 is 4.43 Å². The Morgan fingerprint density at radius 3 is 2.75 bits per heavy atom. The van der Waals surface area contributed by atoms with Crippen LogP contribution >= 0.6 is 0 Å². The van der Waals surface area contributed by atoms with Gasteiger partial charge in [0, 0.05) is 6.61 Å². The fraction of sp³-hybridized carbons (Fsp3) is 1.00. The molecule has 2 heteroatoms. The van der Waals surface area contributed by atoms with Gasteiger partial charge in [-0.2, -0.15) is 0 Å². The van der Waals surface area contributed by atoms with Crippen LogP contribution in [0.2, 0.25) is 12.1 Å². The summed E-state index contributed by atoms with van der Waals surface area (Å²) < 4.78 is 5.57. The summed E-state index contributed by atoms with van der Waals surface area (Å²) in [5.74, 6) is 0. The zero-order valence-corrected chi connectivity index (χ0v) is 6.68. The molecule has 0 aromatic rings. The van der Waals surface area contributed by atoms with Crippen molar-refractivity contribution in [1.82, 2.24) is 0 Å². The zero-order valence-electron chi connectivity index (χ0n) is 5.52. The van der Waals surface area contributed by atoms with Crippen molar-refractivity contribution in [2.24, 2.45) is 0 Å². The Morgan fingerprint density at radius 1 is 1.50 bits per heavy atom. The Labute approximate surface area is 52.8 Å². The molecule has 0 bridgehead atoms. The van der Waals surface area contributed by atoms with E-state index in [2.05, 4.69) is 6.92 Å². The second kappa shape index (κ2) is 3.25. The molecule has 0 aliphatic carbocycles. The van der Waals surface area contributed by atoms with E-state index in [4.69, 9.17) is 4.43 Å². The van der Waals surface area contributed by atoms with Crippen molar-refractivity contribution >= 4 is 9.04 Å². The fourth-order valence-electron chi connectivity index (χ4n) is 1.13. The molecule has 0 aromatic carbocycles. The van der Waals surface area contributed by atoms with Crippen LogP contribution in [0.15, 0.2) is 0 Å². The van der Waals surface area contributed by atoms with Crippen LogP contribution in [0.1, 0.15) is 19.8 Å². The van der Waals surface area contributed by atoms with Crippen LogP contribution in [0.4, 0.5) is 0 Å². The lowest BCUT2D eigenvalue weighted by Crippen LogP contribution is -2.21. The maximum Gasteiger partial charge on any atom is 0.176 e. The van der Waals surface area contributed by atoms with Gasteiger partial charge in [-0.1, -0.05) is 13.3 Å². The molecule has 1 fully saturated rings.